The Morgan fingerprint density at radius 1 is 0.480 bits per heavy atom. The van der Waals surface area contributed by atoms with Crippen molar-refractivity contribution >= 4 is 11.9 Å². The highest BCUT2D eigenvalue weighted by Crippen LogP contribution is 2.12. The third-order valence-electron chi connectivity index (χ3n) is 8.48. The largest absolute Gasteiger partial charge is 0.462 e. The van der Waals surface area contributed by atoms with Crippen molar-refractivity contribution in [1.82, 2.24) is 0 Å². The summed E-state index contributed by atoms with van der Waals surface area (Å²) >= 11 is 0. The van der Waals surface area contributed by atoms with E-state index in [0.29, 0.717) is 12.8 Å². The number of carbonyl (C=O) groups excluding carboxylic acids is 2. The van der Waals surface area contributed by atoms with Crippen molar-refractivity contribution in [3.05, 3.63) is 72.9 Å². The molecule has 0 aromatic rings. The number of hydrogen-bond donors (Lipinski definition) is 1. The van der Waals surface area contributed by atoms with Crippen molar-refractivity contribution in [3.8, 4) is 0 Å². The molecular weight excluding hydrogens is 620 g/mol. The minimum Gasteiger partial charge on any atom is -0.462 e. The van der Waals surface area contributed by atoms with Crippen molar-refractivity contribution in [3.63, 3.8) is 0 Å². The number of aliphatic hydroxyl groups excluding tert-OH is 1. The van der Waals surface area contributed by atoms with Crippen LogP contribution in [0.5, 0.6) is 0 Å². The summed E-state index contributed by atoms with van der Waals surface area (Å²) in [6.07, 6.45) is 53.9. The normalized spacial score (nSPS) is 12.9. The third kappa shape index (κ3) is 38.1. The van der Waals surface area contributed by atoms with Crippen LogP contribution in [-0.2, 0) is 19.1 Å². The van der Waals surface area contributed by atoms with Crippen molar-refractivity contribution in [2.24, 2.45) is 0 Å². The molecule has 5 nitrogen and oxygen atoms in total. The highest BCUT2D eigenvalue weighted by Gasteiger charge is 2.16. The van der Waals surface area contributed by atoms with E-state index in [-0.39, 0.29) is 25.2 Å². The molecule has 286 valence electrons. The van der Waals surface area contributed by atoms with Crippen LogP contribution >= 0.6 is 0 Å². The molecule has 0 spiro atoms. The van der Waals surface area contributed by atoms with E-state index < -0.39 is 6.10 Å². The lowest BCUT2D eigenvalue weighted by Crippen LogP contribution is -2.28. The zero-order valence-corrected chi connectivity index (χ0v) is 32.4. The van der Waals surface area contributed by atoms with Crippen molar-refractivity contribution < 1.29 is 24.2 Å². The number of rotatable bonds is 36. The zero-order valence-electron chi connectivity index (χ0n) is 32.4. The third-order valence-corrected chi connectivity index (χ3v) is 8.48. The Labute approximate surface area is 308 Å². The molecule has 0 aliphatic heterocycles. The fraction of sp³-hybridized carbons (Fsp3) is 0.689. The summed E-state index contributed by atoms with van der Waals surface area (Å²) in [6, 6.07) is 0. The van der Waals surface area contributed by atoms with Gasteiger partial charge in [-0.1, -0.05) is 157 Å². The molecule has 0 amide bonds. The Hall–Kier alpha value is -2.66. The van der Waals surface area contributed by atoms with Crippen LogP contribution in [0.2, 0.25) is 0 Å². The van der Waals surface area contributed by atoms with Crippen LogP contribution in [0, 0.1) is 0 Å². The van der Waals surface area contributed by atoms with Gasteiger partial charge in [0.1, 0.15) is 6.61 Å². The van der Waals surface area contributed by atoms with Crippen LogP contribution in [0.15, 0.2) is 72.9 Å². The summed E-state index contributed by atoms with van der Waals surface area (Å²) in [5, 5.41) is 9.56. The van der Waals surface area contributed by atoms with Crippen molar-refractivity contribution in [2.75, 3.05) is 13.2 Å². The second-order valence-electron chi connectivity index (χ2n) is 13.3. The minimum absolute atomic E-state index is 0.0814. The Morgan fingerprint density at radius 2 is 0.860 bits per heavy atom. The fourth-order valence-corrected chi connectivity index (χ4v) is 5.40. The quantitative estimate of drug-likeness (QED) is 0.0401. The van der Waals surface area contributed by atoms with Gasteiger partial charge < -0.3 is 14.6 Å². The van der Waals surface area contributed by atoms with E-state index in [4.69, 9.17) is 9.47 Å². The molecule has 1 atom stereocenters. The second kappa shape index (κ2) is 40.8. The summed E-state index contributed by atoms with van der Waals surface area (Å²) < 4.78 is 10.6. The van der Waals surface area contributed by atoms with Crippen LogP contribution in [0.25, 0.3) is 0 Å². The number of hydrogen-bond acceptors (Lipinski definition) is 5. The van der Waals surface area contributed by atoms with Gasteiger partial charge in [0.15, 0.2) is 6.10 Å². The molecular formula is C45H76O5. The highest BCUT2D eigenvalue weighted by atomic mass is 16.6. The summed E-state index contributed by atoms with van der Waals surface area (Å²) in [5.41, 5.74) is 0. The van der Waals surface area contributed by atoms with Gasteiger partial charge in [-0.05, 0) is 83.5 Å². The van der Waals surface area contributed by atoms with E-state index in [9.17, 15) is 14.7 Å². The van der Waals surface area contributed by atoms with E-state index in [0.717, 1.165) is 96.3 Å². The van der Waals surface area contributed by atoms with Crippen molar-refractivity contribution in [1.29, 1.82) is 0 Å². The molecule has 0 saturated heterocycles. The molecule has 0 aliphatic carbocycles. The van der Waals surface area contributed by atoms with Gasteiger partial charge in [-0.25, -0.2) is 0 Å². The van der Waals surface area contributed by atoms with Gasteiger partial charge in [0.05, 0.1) is 6.61 Å². The SMILES string of the molecule is CC/C=C\C/C=C\C/C=C\C/C=C\C/C=C\CCCCCCCC(=O)OC(CO)COC(=O)CCCCCCC/C=C\CCCCCCCC. The van der Waals surface area contributed by atoms with Gasteiger partial charge in [0.2, 0.25) is 0 Å². The highest BCUT2D eigenvalue weighted by molar-refractivity contribution is 5.70. The van der Waals surface area contributed by atoms with E-state index in [2.05, 4.69) is 86.8 Å². The standard InChI is InChI=1S/C45H76O5/c1-3-5-7-9-11-13-15-17-19-20-21-22-23-24-26-28-30-32-34-36-38-40-45(48)50-43(41-46)42-49-44(47)39-37-35-33-31-29-27-25-18-16-14-12-10-8-6-4-2/h5,7,11,13,17-19,21-22,24-26,43,46H,3-4,6,8-10,12,14-16,20,23,27-42H2,1-2H3/b7-5-,13-11-,19-17-,22-21-,25-18-,26-24-. The van der Waals surface area contributed by atoms with Gasteiger partial charge in [0, 0.05) is 12.8 Å². The molecule has 50 heavy (non-hydrogen) atoms. The molecule has 0 heterocycles. The first-order valence-corrected chi connectivity index (χ1v) is 20.5. The molecule has 0 aliphatic rings. The number of carbonyl (C=O) groups is 2. The second-order valence-corrected chi connectivity index (χ2v) is 13.3. The summed E-state index contributed by atoms with van der Waals surface area (Å²) in [4.78, 5) is 24.3. The number of esters is 2. The molecule has 1 unspecified atom stereocenters. The number of ether oxygens (including phenoxy) is 2. The lowest BCUT2D eigenvalue weighted by Gasteiger charge is -2.15. The smallest absolute Gasteiger partial charge is 0.306 e. The Bertz CT molecular complexity index is 926. The van der Waals surface area contributed by atoms with E-state index in [1.54, 1.807) is 0 Å². The Kier molecular flexibility index (Phi) is 38.6. The average molecular weight is 697 g/mol. The molecule has 0 bridgehead atoms. The van der Waals surface area contributed by atoms with Gasteiger partial charge in [-0.2, -0.15) is 0 Å². The van der Waals surface area contributed by atoms with Gasteiger partial charge in [-0.3, -0.25) is 9.59 Å². The lowest BCUT2D eigenvalue weighted by molar-refractivity contribution is -0.161. The molecule has 5 heteroatoms. The molecule has 0 rings (SSSR count). The topological polar surface area (TPSA) is 72.8 Å². The monoisotopic (exact) mass is 697 g/mol. The zero-order chi connectivity index (χ0) is 36.4. The van der Waals surface area contributed by atoms with Crippen LogP contribution < -0.4 is 0 Å². The molecule has 0 radical (unpaired) electrons. The number of allylic oxidation sites excluding steroid dienone is 12. The maximum atomic E-state index is 12.2. The lowest BCUT2D eigenvalue weighted by atomic mass is 10.1. The molecule has 0 aromatic heterocycles. The molecule has 1 N–H and O–H groups in total. The first-order valence-electron chi connectivity index (χ1n) is 20.5. The van der Waals surface area contributed by atoms with E-state index in [1.165, 1.54) is 57.8 Å². The first-order chi connectivity index (χ1) is 24.6. The maximum Gasteiger partial charge on any atom is 0.306 e. The molecule has 0 fully saturated rings. The predicted molar refractivity (Wildman–Crippen MR) is 214 cm³/mol. The van der Waals surface area contributed by atoms with Crippen LogP contribution in [-0.4, -0.2) is 36.4 Å². The first kappa shape index (κ1) is 47.3. The van der Waals surface area contributed by atoms with Gasteiger partial charge in [0.25, 0.3) is 0 Å². The average Bonchev–Trinajstić information content (AvgIpc) is 3.12. The van der Waals surface area contributed by atoms with E-state index in [1.807, 2.05) is 0 Å². The molecule has 0 aromatic carbocycles. The van der Waals surface area contributed by atoms with Crippen molar-refractivity contribution in [2.45, 2.75) is 187 Å². The maximum absolute atomic E-state index is 12.2. The number of unbranched alkanes of at least 4 members (excludes halogenated alkanes) is 16. The summed E-state index contributed by atoms with van der Waals surface area (Å²) in [6.45, 7) is 3.99. The Balaban J connectivity index is 3.64. The minimum atomic E-state index is -0.788. The number of aliphatic hydroxyl groups is 1. The van der Waals surface area contributed by atoms with Crippen LogP contribution in [0.4, 0.5) is 0 Å². The van der Waals surface area contributed by atoms with Gasteiger partial charge >= 0.3 is 11.9 Å². The fourth-order valence-electron chi connectivity index (χ4n) is 5.40. The summed E-state index contributed by atoms with van der Waals surface area (Å²) in [7, 11) is 0. The summed E-state index contributed by atoms with van der Waals surface area (Å²) in [5.74, 6) is -0.627. The Morgan fingerprint density at radius 3 is 1.32 bits per heavy atom. The van der Waals surface area contributed by atoms with Crippen LogP contribution in [0.3, 0.4) is 0 Å². The molecule has 0 saturated carbocycles. The van der Waals surface area contributed by atoms with Gasteiger partial charge in [-0.15, -0.1) is 0 Å². The predicted octanol–water partition coefficient (Wildman–Crippen LogP) is 13.0. The van der Waals surface area contributed by atoms with Crippen LogP contribution in [0.1, 0.15) is 181 Å². The van der Waals surface area contributed by atoms with E-state index >= 15 is 0 Å².